The van der Waals surface area contributed by atoms with Crippen LogP contribution in [-0.4, -0.2) is 15.9 Å². The van der Waals surface area contributed by atoms with Crippen LogP contribution in [0.2, 0.25) is 0 Å². The Balaban J connectivity index is 2.39. The summed E-state index contributed by atoms with van der Waals surface area (Å²) in [6, 6.07) is 9.70. The Morgan fingerprint density at radius 3 is 2.59 bits per heavy atom. The smallest absolute Gasteiger partial charge is 0.226 e. The second-order valence-electron chi connectivity index (χ2n) is 3.82. The maximum absolute atomic E-state index is 11.1. The van der Waals surface area contributed by atoms with E-state index in [2.05, 4.69) is 9.97 Å². The SMILES string of the molecule is CC(C(N)=O)c1cncc(-c2ccccc2)n1. The molecular weight excluding hydrogens is 214 g/mol. The largest absolute Gasteiger partial charge is 0.369 e. The quantitative estimate of drug-likeness (QED) is 0.868. The van der Waals surface area contributed by atoms with E-state index in [1.807, 2.05) is 30.3 Å². The zero-order valence-electron chi connectivity index (χ0n) is 9.50. The summed E-state index contributed by atoms with van der Waals surface area (Å²) in [4.78, 5) is 19.6. The number of hydrogen-bond donors (Lipinski definition) is 1. The molecule has 17 heavy (non-hydrogen) atoms. The highest BCUT2D eigenvalue weighted by Crippen LogP contribution is 2.18. The van der Waals surface area contributed by atoms with Crippen molar-refractivity contribution in [3.8, 4) is 11.3 Å². The van der Waals surface area contributed by atoms with E-state index in [4.69, 9.17) is 5.73 Å². The number of rotatable bonds is 3. The number of hydrogen-bond acceptors (Lipinski definition) is 3. The van der Waals surface area contributed by atoms with Gasteiger partial charge in [-0.1, -0.05) is 30.3 Å². The molecule has 1 atom stereocenters. The number of benzene rings is 1. The first-order chi connectivity index (χ1) is 8.18. The van der Waals surface area contributed by atoms with Crippen molar-refractivity contribution in [3.63, 3.8) is 0 Å². The lowest BCUT2D eigenvalue weighted by Crippen LogP contribution is -2.19. The molecule has 2 N–H and O–H groups in total. The molecule has 2 rings (SSSR count). The molecule has 0 spiro atoms. The number of aromatic nitrogens is 2. The molecule has 0 radical (unpaired) electrons. The minimum Gasteiger partial charge on any atom is -0.369 e. The van der Waals surface area contributed by atoms with Crippen molar-refractivity contribution in [1.29, 1.82) is 0 Å². The van der Waals surface area contributed by atoms with E-state index in [1.165, 1.54) is 0 Å². The van der Waals surface area contributed by atoms with Gasteiger partial charge in [0, 0.05) is 11.8 Å². The van der Waals surface area contributed by atoms with Crippen molar-refractivity contribution in [2.45, 2.75) is 12.8 Å². The molecule has 86 valence electrons. The molecule has 1 amide bonds. The Bertz CT molecular complexity index is 525. The van der Waals surface area contributed by atoms with Gasteiger partial charge in [-0.3, -0.25) is 9.78 Å². The van der Waals surface area contributed by atoms with E-state index in [1.54, 1.807) is 19.3 Å². The Hall–Kier alpha value is -2.23. The lowest BCUT2D eigenvalue weighted by Gasteiger charge is -2.07. The van der Waals surface area contributed by atoms with Crippen LogP contribution in [0.25, 0.3) is 11.3 Å². The van der Waals surface area contributed by atoms with Crippen molar-refractivity contribution in [1.82, 2.24) is 9.97 Å². The third-order valence-electron chi connectivity index (χ3n) is 2.59. The maximum atomic E-state index is 11.1. The van der Waals surface area contributed by atoms with E-state index in [0.29, 0.717) is 5.69 Å². The number of carbonyl (C=O) groups excluding carboxylic acids is 1. The van der Waals surface area contributed by atoms with Crippen LogP contribution in [-0.2, 0) is 4.79 Å². The first-order valence-electron chi connectivity index (χ1n) is 5.35. The molecule has 0 aliphatic carbocycles. The van der Waals surface area contributed by atoms with Crippen LogP contribution in [0.1, 0.15) is 18.5 Å². The van der Waals surface area contributed by atoms with Crippen LogP contribution in [0.5, 0.6) is 0 Å². The molecule has 0 bridgehead atoms. The number of nitrogens with zero attached hydrogens (tertiary/aromatic N) is 2. The molecule has 4 nitrogen and oxygen atoms in total. The Labute approximate surface area is 99.5 Å². The number of primary amides is 1. The van der Waals surface area contributed by atoms with Crippen molar-refractivity contribution in [3.05, 3.63) is 48.4 Å². The van der Waals surface area contributed by atoms with Gasteiger partial charge in [0.15, 0.2) is 0 Å². The molecule has 0 saturated carbocycles. The molecule has 0 aliphatic heterocycles. The summed E-state index contributed by atoms with van der Waals surface area (Å²) in [5, 5.41) is 0. The van der Waals surface area contributed by atoms with E-state index in [-0.39, 0.29) is 0 Å². The fourth-order valence-corrected chi connectivity index (χ4v) is 1.48. The Morgan fingerprint density at radius 1 is 1.24 bits per heavy atom. The normalized spacial score (nSPS) is 12.1. The summed E-state index contributed by atoms with van der Waals surface area (Å²) in [5.41, 5.74) is 7.56. The summed E-state index contributed by atoms with van der Waals surface area (Å²) >= 11 is 0. The lowest BCUT2D eigenvalue weighted by atomic mass is 10.1. The summed E-state index contributed by atoms with van der Waals surface area (Å²) in [6.07, 6.45) is 3.24. The van der Waals surface area contributed by atoms with Gasteiger partial charge >= 0.3 is 0 Å². The summed E-state index contributed by atoms with van der Waals surface area (Å²) < 4.78 is 0. The average Bonchev–Trinajstić information content (AvgIpc) is 2.39. The van der Waals surface area contributed by atoms with Crippen LogP contribution in [0, 0.1) is 0 Å². The predicted octanol–water partition coefficient (Wildman–Crippen LogP) is 1.73. The topological polar surface area (TPSA) is 68.9 Å². The van der Waals surface area contributed by atoms with Gasteiger partial charge in [0.25, 0.3) is 0 Å². The van der Waals surface area contributed by atoms with E-state index < -0.39 is 11.8 Å². The van der Waals surface area contributed by atoms with Gasteiger partial charge < -0.3 is 5.73 Å². The zero-order valence-corrected chi connectivity index (χ0v) is 9.50. The summed E-state index contributed by atoms with van der Waals surface area (Å²) in [7, 11) is 0. The number of amides is 1. The van der Waals surface area contributed by atoms with Crippen LogP contribution >= 0.6 is 0 Å². The first-order valence-corrected chi connectivity index (χ1v) is 5.35. The van der Waals surface area contributed by atoms with Gasteiger partial charge in [-0.2, -0.15) is 0 Å². The highest BCUT2D eigenvalue weighted by atomic mass is 16.1. The maximum Gasteiger partial charge on any atom is 0.226 e. The minimum atomic E-state index is -0.425. The molecule has 4 heteroatoms. The monoisotopic (exact) mass is 227 g/mol. The average molecular weight is 227 g/mol. The zero-order chi connectivity index (χ0) is 12.3. The molecule has 1 aromatic heterocycles. The van der Waals surface area contributed by atoms with Crippen LogP contribution < -0.4 is 5.73 Å². The highest BCUT2D eigenvalue weighted by Gasteiger charge is 2.14. The lowest BCUT2D eigenvalue weighted by molar-refractivity contribution is -0.119. The van der Waals surface area contributed by atoms with Crippen molar-refractivity contribution in [2.24, 2.45) is 5.73 Å². The third-order valence-corrected chi connectivity index (χ3v) is 2.59. The Morgan fingerprint density at radius 2 is 1.94 bits per heavy atom. The second-order valence-corrected chi connectivity index (χ2v) is 3.82. The van der Waals surface area contributed by atoms with Gasteiger partial charge in [0.1, 0.15) is 0 Å². The first kappa shape index (κ1) is 11.3. The van der Waals surface area contributed by atoms with Crippen LogP contribution in [0.15, 0.2) is 42.7 Å². The molecule has 0 saturated heterocycles. The van der Waals surface area contributed by atoms with Gasteiger partial charge in [0.2, 0.25) is 5.91 Å². The van der Waals surface area contributed by atoms with Gasteiger partial charge in [-0.25, -0.2) is 4.98 Å². The summed E-state index contributed by atoms with van der Waals surface area (Å²) in [5.74, 6) is -0.823. The molecule has 0 aliphatic rings. The van der Waals surface area contributed by atoms with Crippen molar-refractivity contribution in [2.75, 3.05) is 0 Å². The molecule has 0 fully saturated rings. The summed E-state index contributed by atoms with van der Waals surface area (Å²) in [6.45, 7) is 1.72. The molecule has 1 aromatic carbocycles. The molecule has 1 unspecified atom stereocenters. The van der Waals surface area contributed by atoms with E-state index >= 15 is 0 Å². The minimum absolute atomic E-state index is 0.399. The molecular formula is C13H13N3O. The van der Waals surface area contributed by atoms with Crippen LogP contribution in [0.3, 0.4) is 0 Å². The standard InChI is InChI=1S/C13H13N3O/c1-9(13(14)17)11-7-15-8-12(16-11)10-5-3-2-4-6-10/h2-9H,1H3,(H2,14,17). The fraction of sp³-hybridized carbons (Fsp3) is 0.154. The van der Waals surface area contributed by atoms with E-state index in [0.717, 1.165) is 11.3 Å². The third kappa shape index (κ3) is 2.47. The van der Waals surface area contributed by atoms with Gasteiger partial charge in [-0.15, -0.1) is 0 Å². The fourth-order valence-electron chi connectivity index (χ4n) is 1.48. The number of carbonyl (C=O) groups is 1. The van der Waals surface area contributed by atoms with Crippen molar-refractivity contribution < 1.29 is 4.79 Å². The predicted molar refractivity (Wildman–Crippen MR) is 65.1 cm³/mol. The molecule has 2 aromatic rings. The molecule has 1 heterocycles. The number of nitrogens with two attached hydrogens (primary N) is 1. The van der Waals surface area contributed by atoms with Gasteiger partial charge in [0.05, 0.1) is 23.5 Å². The Kier molecular flexibility index (Phi) is 3.14. The van der Waals surface area contributed by atoms with Crippen LogP contribution in [0.4, 0.5) is 0 Å². The van der Waals surface area contributed by atoms with Gasteiger partial charge in [-0.05, 0) is 6.92 Å². The second kappa shape index (κ2) is 4.74. The van der Waals surface area contributed by atoms with Crippen molar-refractivity contribution >= 4 is 5.91 Å². The highest BCUT2D eigenvalue weighted by molar-refractivity contribution is 5.81. The van der Waals surface area contributed by atoms with E-state index in [9.17, 15) is 4.79 Å².